The standard InChI is InChI=1S/C10H14ClNS/c1-7(12)5-8-6-9(11)3-4-10(8)13-2/h3-4,6-7H,5,12H2,1-2H3. The third kappa shape index (κ3) is 3.22. The lowest BCUT2D eigenvalue weighted by molar-refractivity contribution is 0.729. The van der Waals surface area contributed by atoms with Crippen LogP contribution in [-0.4, -0.2) is 12.3 Å². The van der Waals surface area contributed by atoms with E-state index in [9.17, 15) is 0 Å². The van der Waals surface area contributed by atoms with E-state index in [-0.39, 0.29) is 6.04 Å². The first kappa shape index (κ1) is 10.9. The Labute approximate surface area is 88.7 Å². The van der Waals surface area contributed by atoms with E-state index < -0.39 is 0 Å². The van der Waals surface area contributed by atoms with Crippen molar-refractivity contribution in [2.75, 3.05) is 6.26 Å². The van der Waals surface area contributed by atoms with Crippen molar-refractivity contribution in [1.82, 2.24) is 0 Å². The summed E-state index contributed by atoms with van der Waals surface area (Å²) in [6.45, 7) is 2.00. The van der Waals surface area contributed by atoms with Crippen molar-refractivity contribution in [2.45, 2.75) is 24.3 Å². The number of rotatable bonds is 3. The van der Waals surface area contributed by atoms with Gasteiger partial charge in [-0.2, -0.15) is 0 Å². The second kappa shape index (κ2) is 4.89. The first-order valence-corrected chi connectivity index (χ1v) is 5.81. The summed E-state index contributed by atoms with van der Waals surface area (Å²) in [6, 6.07) is 6.14. The first-order chi connectivity index (χ1) is 6.13. The number of benzene rings is 1. The molecule has 0 aromatic heterocycles. The summed E-state index contributed by atoms with van der Waals surface area (Å²) in [6.07, 6.45) is 2.95. The van der Waals surface area contributed by atoms with E-state index >= 15 is 0 Å². The fourth-order valence-electron chi connectivity index (χ4n) is 1.25. The van der Waals surface area contributed by atoms with Gasteiger partial charge < -0.3 is 5.73 Å². The molecule has 1 nitrogen and oxygen atoms in total. The molecule has 3 heteroatoms. The zero-order valence-corrected chi connectivity index (χ0v) is 9.45. The maximum absolute atomic E-state index is 5.91. The van der Waals surface area contributed by atoms with E-state index in [0.29, 0.717) is 0 Å². The molecule has 72 valence electrons. The molecule has 0 saturated heterocycles. The highest BCUT2D eigenvalue weighted by molar-refractivity contribution is 7.98. The molecule has 0 bridgehead atoms. The lowest BCUT2D eigenvalue weighted by atomic mass is 10.1. The molecule has 1 atom stereocenters. The lowest BCUT2D eigenvalue weighted by Crippen LogP contribution is -2.18. The van der Waals surface area contributed by atoms with Gasteiger partial charge in [0.05, 0.1) is 0 Å². The van der Waals surface area contributed by atoms with Crippen LogP contribution in [0.5, 0.6) is 0 Å². The van der Waals surface area contributed by atoms with Crippen LogP contribution in [-0.2, 0) is 6.42 Å². The van der Waals surface area contributed by atoms with Crippen molar-refractivity contribution in [3.63, 3.8) is 0 Å². The minimum Gasteiger partial charge on any atom is -0.328 e. The van der Waals surface area contributed by atoms with E-state index in [1.165, 1.54) is 10.5 Å². The van der Waals surface area contributed by atoms with Gasteiger partial charge in [-0.15, -0.1) is 11.8 Å². The summed E-state index contributed by atoms with van der Waals surface area (Å²) in [5.74, 6) is 0. The highest BCUT2D eigenvalue weighted by Crippen LogP contribution is 2.24. The van der Waals surface area contributed by atoms with Crippen molar-refractivity contribution < 1.29 is 0 Å². The van der Waals surface area contributed by atoms with Crippen molar-refractivity contribution in [3.8, 4) is 0 Å². The van der Waals surface area contributed by atoms with Gasteiger partial charge in [0, 0.05) is 16.0 Å². The highest BCUT2D eigenvalue weighted by Gasteiger charge is 2.04. The zero-order chi connectivity index (χ0) is 9.84. The third-order valence-corrected chi connectivity index (χ3v) is 2.86. The summed E-state index contributed by atoms with van der Waals surface area (Å²) in [7, 11) is 0. The number of hydrogen-bond acceptors (Lipinski definition) is 2. The maximum Gasteiger partial charge on any atom is 0.0409 e. The van der Waals surface area contributed by atoms with Crippen LogP contribution in [0.2, 0.25) is 5.02 Å². The Morgan fingerprint density at radius 1 is 1.54 bits per heavy atom. The van der Waals surface area contributed by atoms with Crippen LogP contribution in [0.1, 0.15) is 12.5 Å². The number of nitrogens with two attached hydrogens (primary N) is 1. The maximum atomic E-state index is 5.91. The van der Waals surface area contributed by atoms with Crippen LogP contribution in [0.4, 0.5) is 0 Å². The van der Waals surface area contributed by atoms with E-state index in [1.807, 2.05) is 25.1 Å². The Morgan fingerprint density at radius 2 is 2.23 bits per heavy atom. The van der Waals surface area contributed by atoms with Crippen molar-refractivity contribution in [3.05, 3.63) is 28.8 Å². The molecule has 0 saturated carbocycles. The monoisotopic (exact) mass is 215 g/mol. The van der Waals surface area contributed by atoms with Gasteiger partial charge in [-0.1, -0.05) is 11.6 Å². The molecule has 13 heavy (non-hydrogen) atoms. The predicted octanol–water partition coefficient (Wildman–Crippen LogP) is 2.95. The number of halogens is 1. The van der Waals surface area contributed by atoms with Gasteiger partial charge in [-0.3, -0.25) is 0 Å². The summed E-state index contributed by atoms with van der Waals surface area (Å²) in [5.41, 5.74) is 6.99. The molecule has 0 aliphatic rings. The average molecular weight is 216 g/mol. The molecule has 0 aliphatic carbocycles. The Bertz CT molecular complexity index is 286. The molecule has 0 radical (unpaired) electrons. The smallest absolute Gasteiger partial charge is 0.0409 e. The van der Waals surface area contributed by atoms with E-state index in [0.717, 1.165) is 11.4 Å². The SMILES string of the molecule is CSc1ccc(Cl)cc1CC(C)N. The van der Waals surface area contributed by atoms with Crippen LogP contribution < -0.4 is 5.73 Å². The quantitative estimate of drug-likeness (QED) is 0.785. The van der Waals surface area contributed by atoms with Gasteiger partial charge in [-0.05, 0) is 43.4 Å². The van der Waals surface area contributed by atoms with E-state index in [1.54, 1.807) is 11.8 Å². The largest absolute Gasteiger partial charge is 0.328 e. The van der Waals surface area contributed by atoms with Gasteiger partial charge in [0.25, 0.3) is 0 Å². The van der Waals surface area contributed by atoms with E-state index in [2.05, 4.69) is 6.26 Å². The molecule has 0 aliphatic heterocycles. The number of thioether (sulfide) groups is 1. The van der Waals surface area contributed by atoms with Gasteiger partial charge in [-0.25, -0.2) is 0 Å². The molecule has 1 aromatic rings. The molecule has 1 rings (SSSR count). The predicted molar refractivity (Wildman–Crippen MR) is 60.6 cm³/mol. The Balaban J connectivity index is 2.94. The topological polar surface area (TPSA) is 26.0 Å². The summed E-state index contributed by atoms with van der Waals surface area (Å²) < 4.78 is 0. The Kier molecular flexibility index (Phi) is 4.10. The van der Waals surface area contributed by atoms with Crippen LogP contribution in [0.3, 0.4) is 0 Å². The van der Waals surface area contributed by atoms with Crippen molar-refractivity contribution in [2.24, 2.45) is 5.73 Å². The third-order valence-electron chi connectivity index (χ3n) is 1.78. The Morgan fingerprint density at radius 3 is 2.77 bits per heavy atom. The van der Waals surface area contributed by atoms with Crippen molar-refractivity contribution in [1.29, 1.82) is 0 Å². The molecule has 0 fully saturated rings. The minimum atomic E-state index is 0.185. The first-order valence-electron chi connectivity index (χ1n) is 4.21. The highest BCUT2D eigenvalue weighted by atomic mass is 35.5. The molecule has 0 amide bonds. The molecule has 2 N–H and O–H groups in total. The zero-order valence-electron chi connectivity index (χ0n) is 7.88. The summed E-state index contributed by atoms with van der Waals surface area (Å²) in [4.78, 5) is 1.27. The normalized spacial score (nSPS) is 12.9. The molecule has 0 heterocycles. The average Bonchev–Trinajstić information content (AvgIpc) is 2.03. The second-order valence-electron chi connectivity index (χ2n) is 3.14. The van der Waals surface area contributed by atoms with E-state index in [4.69, 9.17) is 17.3 Å². The number of hydrogen-bond donors (Lipinski definition) is 1. The fraction of sp³-hybridized carbons (Fsp3) is 0.400. The second-order valence-corrected chi connectivity index (χ2v) is 4.42. The van der Waals surface area contributed by atoms with Crippen LogP contribution >= 0.6 is 23.4 Å². The van der Waals surface area contributed by atoms with Crippen molar-refractivity contribution >= 4 is 23.4 Å². The fourth-order valence-corrected chi connectivity index (χ4v) is 2.06. The summed E-state index contributed by atoms with van der Waals surface area (Å²) in [5, 5.41) is 0.786. The molecule has 1 unspecified atom stereocenters. The molecule has 1 aromatic carbocycles. The summed E-state index contributed by atoms with van der Waals surface area (Å²) >= 11 is 7.64. The van der Waals surface area contributed by atoms with Crippen LogP contribution in [0.25, 0.3) is 0 Å². The lowest BCUT2D eigenvalue weighted by Gasteiger charge is -2.09. The molecular weight excluding hydrogens is 202 g/mol. The van der Waals surface area contributed by atoms with Gasteiger partial charge in [0.15, 0.2) is 0 Å². The van der Waals surface area contributed by atoms with Gasteiger partial charge in [0.2, 0.25) is 0 Å². The Hall–Kier alpha value is -0.180. The molecule has 0 spiro atoms. The van der Waals surface area contributed by atoms with Gasteiger partial charge in [0.1, 0.15) is 0 Å². The minimum absolute atomic E-state index is 0.185. The van der Waals surface area contributed by atoms with Crippen LogP contribution in [0.15, 0.2) is 23.1 Å². The van der Waals surface area contributed by atoms with Crippen LogP contribution in [0, 0.1) is 0 Å². The molecular formula is C10H14ClNS. The van der Waals surface area contributed by atoms with Gasteiger partial charge >= 0.3 is 0 Å².